The number of ether oxygens (including phenoxy) is 4. The van der Waals surface area contributed by atoms with Crippen LogP contribution in [0.15, 0.2) is 126 Å². The summed E-state index contributed by atoms with van der Waals surface area (Å²) in [6, 6.07) is 43.8. The number of benzene rings is 4. The van der Waals surface area contributed by atoms with E-state index in [4.69, 9.17) is 29.7 Å². The van der Waals surface area contributed by atoms with Gasteiger partial charge in [-0.2, -0.15) is 10.5 Å². The van der Waals surface area contributed by atoms with Crippen LogP contribution in [0.2, 0.25) is 0 Å². The normalized spacial score (nSPS) is 15.7. The van der Waals surface area contributed by atoms with Crippen molar-refractivity contribution < 1.29 is 28.5 Å². The van der Waals surface area contributed by atoms with Crippen LogP contribution in [0.25, 0.3) is 22.5 Å². The number of piperidine rings is 2. The molecule has 14 heteroatoms. The minimum Gasteiger partial charge on any atom is -0.488 e. The van der Waals surface area contributed by atoms with Crippen LogP contribution in [0.1, 0.15) is 112 Å². The van der Waals surface area contributed by atoms with E-state index < -0.39 is 11.2 Å². The second kappa shape index (κ2) is 23.7. The van der Waals surface area contributed by atoms with Gasteiger partial charge >= 0.3 is 12.2 Å². The number of amides is 2. The Bertz CT molecular complexity index is 2730. The van der Waals surface area contributed by atoms with Crippen LogP contribution in [0, 0.1) is 22.7 Å². The van der Waals surface area contributed by atoms with Gasteiger partial charge in [-0.3, -0.25) is 0 Å². The molecule has 2 unspecified atom stereocenters. The van der Waals surface area contributed by atoms with Crippen molar-refractivity contribution in [1.29, 1.82) is 10.5 Å². The van der Waals surface area contributed by atoms with Crippen LogP contribution in [0.3, 0.4) is 0 Å². The number of anilines is 1. The maximum Gasteiger partial charge on any atom is 0.410 e. The third-order valence-electron chi connectivity index (χ3n) is 12.1. The SMILES string of the molecule is CC(C)(C)OC(=O)N1CCCC(c2cc(-c3ccccc3OCc3ccccc3)nc(Br)c2C#N)C1.CC(C)(C)OC(=O)N1CCCC(c2cc(-c3ccccc3OCc3ccccc3)nc(N)c2C#N)C1. The number of para-hydroxylation sites is 2. The van der Waals surface area contributed by atoms with Crippen molar-refractivity contribution in [3.8, 4) is 46.2 Å². The Kier molecular flexibility index (Phi) is 17.2. The Morgan fingerprint density at radius 2 is 1.03 bits per heavy atom. The number of halogens is 1. The van der Waals surface area contributed by atoms with Gasteiger partial charge in [-0.05, 0) is 142 Å². The summed E-state index contributed by atoms with van der Waals surface area (Å²) in [7, 11) is 0. The fourth-order valence-electron chi connectivity index (χ4n) is 8.80. The number of carbonyl (C=O) groups excluding carboxylic acids is 2. The van der Waals surface area contributed by atoms with Gasteiger partial charge in [-0.1, -0.05) is 84.9 Å². The van der Waals surface area contributed by atoms with Gasteiger partial charge in [0.05, 0.1) is 22.5 Å². The highest BCUT2D eigenvalue weighted by Gasteiger charge is 2.33. The van der Waals surface area contributed by atoms with Crippen molar-refractivity contribution in [2.75, 3.05) is 31.9 Å². The maximum absolute atomic E-state index is 12.7. The average molecular weight is 1030 g/mol. The molecule has 0 saturated carbocycles. The lowest BCUT2D eigenvalue weighted by Crippen LogP contribution is -2.42. The Balaban J connectivity index is 0.000000211. The monoisotopic (exact) mass is 1030 g/mol. The first kappa shape index (κ1) is 52.4. The molecule has 2 aliphatic rings. The largest absolute Gasteiger partial charge is 0.488 e. The van der Waals surface area contributed by atoms with Gasteiger partial charge in [0.15, 0.2) is 0 Å². The first-order valence-corrected chi connectivity index (χ1v) is 25.1. The van der Waals surface area contributed by atoms with Crippen molar-refractivity contribution in [3.05, 3.63) is 159 Å². The highest BCUT2D eigenvalue weighted by Crippen LogP contribution is 2.39. The highest BCUT2D eigenvalue weighted by atomic mass is 79.9. The van der Waals surface area contributed by atoms with E-state index in [2.05, 4.69) is 33.1 Å². The number of nitrogens with two attached hydrogens (primary N) is 1. The molecule has 72 heavy (non-hydrogen) atoms. The van der Waals surface area contributed by atoms with Crippen LogP contribution < -0.4 is 15.2 Å². The molecule has 0 aliphatic carbocycles. The van der Waals surface area contributed by atoms with Crippen LogP contribution in [-0.4, -0.2) is 69.3 Å². The number of rotatable bonds is 10. The van der Waals surface area contributed by atoms with Gasteiger partial charge in [-0.25, -0.2) is 19.6 Å². The molecule has 4 heterocycles. The van der Waals surface area contributed by atoms with E-state index in [1.807, 2.05) is 163 Å². The van der Waals surface area contributed by atoms with E-state index in [1.165, 1.54) is 0 Å². The molecule has 8 rings (SSSR count). The summed E-state index contributed by atoms with van der Waals surface area (Å²) in [4.78, 5) is 38.2. The summed E-state index contributed by atoms with van der Waals surface area (Å²) in [5.41, 5.74) is 12.8. The topological polar surface area (TPSA) is 177 Å². The minimum atomic E-state index is -0.570. The third kappa shape index (κ3) is 13.9. The molecular weight excluding hydrogens is 971 g/mol. The molecule has 2 aliphatic heterocycles. The zero-order valence-electron chi connectivity index (χ0n) is 41.9. The number of aromatic nitrogens is 2. The van der Waals surface area contributed by atoms with E-state index in [1.54, 1.807) is 9.80 Å². The summed E-state index contributed by atoms with van der Waals surface area (Å²) in [6.45, 7) is 14.2. The standard InChI is InChI=1S/C29H30BrN3O3.C29H32N4O3/c1-29(2,3)36-28(34)33-15-9-12-21(18-33)23-16-25(32-27(30)24(23)17-31)22-13-7-8-14-26(22)35-19-20-10-5-4-6-11-20;1-29(2,3)36-28(34)33-15-9-12-21(18-33)23-16-25(32-27(31)24(23)17-30)22-13-7-8-14-26(22)35-19-20-10-5-4-6-11-20/h4-8,10-11,13-14,16,21H,9,12,15,18-19H2,1-3H3;4-8,10-11,13-14,16,21H,9,12,15,18-19H2,1-3H3,(H2,31,32). The Labute approximate surface area is 431 Å². The average Bonchev–Trinajstić information content (AvgIpc) is 3.37. The van der Waals surface area contributed by atoms with Crippen LogP contribution in [0.4, 0.5) is 15.4 Å². The first-order valence-electron chi connectivity index (χ1n) is 24.3. The Morgan fingerprint density at radius 3 is 1.46 bits per heavy atom. The minimum absolute atomic E-state index is 0.00336. The summed E-state index contributed by atoms with van der Waals surface area (Å²) in [5.74, 6) is 1.52. The van der Waals surface area contributed by atoms with Crippen LogP contribution in [-0.2, 0) is 22.7 Å². The smallest absolute Gasteiger partial charge is 0.410 e. The number of hydrogen-bond acceptors (Lipinski definition) is 11. The lowest BCUT2D eigenvalue weighted by atomic mass is 9.87. The highest BCUT2D eigenvalue weighted by molar-refractivity contribution is 9.10. The number of pyridine rings is 2. The number of hydrogen-bond donors (Lipinski definition) is 1. The Morgan fingerprint density at radius 1 is 0.625 bits per heavy atom. The number of nitrogens with zero attached hydrogens (tertiary/aromatic N) is 6. The lowest BCUT2D eigenvalue weighted by molar-refractivity contribution is 0.0188. The molecule has 13 nitrogen and oxygen atoms in total. The van der Waals surface area contributed by atoms with E-state index in [-0.39, 0.29) is 29.8 Å². The van der Waals surface area contributed by atoms with Crippen molar-refractivity contribution in [2.45, 2.75) is 103 Å². The molecule has 4 aromatic carbocycles. The maximum atomic E-state index is 12.7. The predicted octanol–water partition coefficient (Wildman–Crippen LogP) is 13.0. The molecule has 0 radical (unpaired) electrons. The molecule has 372 valence electrons. The molecule has 2 amide bonds. The molecule has 2 N–H and O–H groups in total. The molecule has 0 spiro atoms. The predicted molar refractivity (Wildman–Crippen MR) is 282 cm³/mol. The summed E-state index contributed by atoms with van der Waals surface area (Å²) in [6.07, 6.45) is 2.69. The van der Waals surface area contributed by atoms with Crippen LogP contribution >= 0.6 is 15.9 Å². The summed E-state index contributed by atoms with van der Waals surface area (Å²) >= 11 is 3.53. The van der Waals surface area contributed by atoms with Gasteiger partial charge in [0.25, 0.3) is 0 Å². The Hall–Kier alpha value is -7.42. The second-order valence-corrected chi connectivity index (χ2v) is 20.7. The molecule has 2 fully saturated rings. The molecule has 2 atom stereocenters. The second-order valence-electron chi connectivity index (χ2n) is 19.9. The molecule has 2 aromatic heterocycles. The molecular formula is C58H62BrN7O6. The molecule has 0 bridgehead atoms. The van der Waals surface area contributed by atoms with Gasteiger partial charge in [0.1, 0.15) is 58.5 Å². The van der Waals surface area contributed by atoms with Crippen LogP contribution in [0.5, 0.6) is 11.5 Å². The number of nitriles is 2. The zero-order chi connectivity index (χ0) is 51.4. The quantitative estimate of drug-likeness (QED) is 0.129. The first-order chi connectivity index (χ1) is 34.5. The van der Waals surface area contributed by atoms with Gasteiger partial charge < -0.3 is 34.5 Å². The number of nitrogen functional groups attached to an aromatic ring is 1. The van der Waals surface area contributed by atoms with Crippen molar-refractivity contribution in [2.24, 2.45) is 0 Å². The fraction of sp³-hybridized carbons (Fsp3) is 0.345. The van der Waals surface area contributed by atoms with Crippen molar-refractivity contribution >= 4 is 33.9 Å². The fourth-order valence-corrected chi connectivity index (χ4v) is 9.30. The van der Waals surface area contributed by atoms with Gasteiger partial charge in [-0.15, -0.1) is 0 Å². The lowest BCUT2D eigenvalue weighted by Gasteiger charge is -2.34. The van der Waals surface area contributed by atoms with E-state index in [0.717, 1.165) is 64.8 Å². The number of likely N-dealkylation sites (tertiary alicyclic amines) is 2. The molecule has 2 saturated heterocycles. The zero-order valence-corrected chi connectivity index (χ0v) is 43.4. The van der Waals surface area contributed by atoms with Gasteiger partial charge in [0.2, 0.25) is 0 Å². The van der Waals surface area contributed by atoms with E-state index in [0.29, 0.717) is 72.3 Å². The summed E-state index contributed by atoms with van der Waals surface area (Å²) in [5, 5.41) is 19.8. The van der Waals surface area contributed by atoms with Gasteiger partial charge in [0, 0.05) is 49.1 Å². The van der Waals surface area contributed by atoms with E-state index in [9.17, 15) is 20.1 Å². The van der Waals surface area contributed by atoms with Crippen molar-refractivity contribution in [3.63, 3.8) is 0 Å². The number of carbonyl (C=O) groups is 2. The summed E-state index contributed by atoms with van der Waals surface area (Å²) < 4.78 is 24.0. The van der Waals surface area contributed by atoms with Crippen molar-refractivity contribution in [1.82, 2.24) is 19.8 Å². The molecule has 6 aromatic rings. The third-order valence-corrected chi connectivity index (χ3v) is 12.7. The van der Waals surface area contributed by atoms with E-state index >= 15 is 0 Å².